The van der Waals surface area contributed by atoms with Crippen LogP contribution in [0, 0.1) is 0 Å². The van der Waals surface area contributed by atoms with E-state index in [0.29, 0.717) is 6.04 Å². The standard InChI is InChI=1S/C16H26N2O/c1-18(13-15-7-3-2-4-8-15)11-6-10-17-16-9-5-12-19-14-16/h2-4,7-8,16-17H,5-6,9-14H2,1H3. The van der Waals surface area contributed by atoms with Gasteiger partial charge in [-0.15, -0.1) is 0 Å². The molecule has 0 amide bonds. The molecule has 3 heteroatoms. The molecule has 1 aliphatic heterocycles. The summed E-state index contributed by atoms with van der Waals surface area (Å²) in [7, 11) is 2.19. The SMILES string of the molecule is CN(CCCNC1CCCOC1)Cc1ccccc1. The number of nitrogens with zero attached hydrogens (tertiary/aromatic N) is 1. The average Bonchev–Trinajstić information content (AvgIpc) is 2.46. The first kappa shape index (κ1) is 14.5. The highest BCUT2D eigenvalue weighted by atomic mass is 16.5. The van der Waals surface area contributed by atoms with Crippen LogP contribution in [0.5, 0.6) is 0 Å². The third kappa shape index (κ3) is 5.72. The summed E-state index contributed by atoms with van der Waals surface area (Å²) >= 11 is 0. The summed E-state index contributed by atoms with van der Waals surface area (Å²) in [4.78, 5) is 2.38. The second kappa shape index (κ2) is 8.31. The monoisotopic (exact) mass is 262 g/mol. The molecule has 0 bridgehead atoms. The van der Waals surface area contributed by atoms with E-state index in [4.69, 9.17) is 4.74 Å². The Morgan fingerprint density at radius 1 is 1.32 bits per heavy atom. The first-order valence-electron chi connectivity index (χ1n) is 7.38. The molecule has 1 aliphatic rings. The van der Waals surface area contributed by atoms with Crippen molar-refractivity contribution in [3.63, 3.8) is 0 Å². The van der Waals surface area contributed by atoms with Gasteiger partial charge in [0.15, 0.2) is 0 Å². The summed E-state index contributed by atoms with van der Waals surface area (Å²) < 4.78 is 5.47. The van der Waals surface area contributed by atoms with E-state index >= 15 is 0 Å². The number of benzene rings is 1. The molecule has 1 unspecified atom stereocenters. The van der Waals surface area contributed by atoms with Gasteiger partial charge in [-0.2, -0.15) is 0 Å². The molecule has 1 N–H and O–H groups in total. The van der Waals surface area contributed by atoms with Crippen LogP contribution in [-0.2, 0) is 11.3 Å². The molecule has 1 fully saturated rings. The Labute approximate surface area is 116 Å². The van der Waals surface area contributed by atoms with Gasteiger partial charge >= 0.3 is 0 Å². The molecule has 1 aromatic carbocycles. The molecule has 1 aromatic rings. The van der Waals surface area contributed by atoms with Crippen LogP contribution in [0.1, 0.15) is 24.8 Å². The van der Waals surface area contributed by atoms with Crippen molar-refractivity contribution in [2.24, 2.45) is 0 Å². The lowest BCUT2D eigenvalue weighted by Crippen LogP contribution is -2.38. The van der Waals surface area contributed by atoms with E-state index in [-0.39, 0.29) is 0 Å². The van der Waals surface area contributed by atoms with Crippen molar-refractivity contribution in [3.8, 4) is 0 Å². The van der Waals surface area contributed by atoms with Crippen molar-refractivity contribution in [2.45, 2.75) is 31.8 Å². The number of nitrogens with one attached hydrogen (secondary N) is 1. The van der Waals surface area contributed by atoms with Gasteiger partial charge in [0.25, 0.3) is 0 Å². The van der Waals surface area contributed by atoms with Crippen LogP contribution < -0.4 is 5.32 Å². The summed E-state index contributed by atoms with van der Waals surface area (Å²) in [6, 6.07) is 11.2. The topological polar surface area (TPSA) is 24.5 Å². The number of hydrogen-bond acceptors (Lipinski definition) is 3. The molecule has 0 saturated carbocycles. The Balaban J connectivity index is 1.55. The maximum atomic E-state index is 5.47. The fraction of sp³-hybridized carbons (Fsp3) is 0.625. The second-order valence-electron chi connectivity index (χ2n) is 5.45. The van der Waals surface area contributed by atoms with Crippen LogP contribution in [0.3, 0.4) is 0 Å². The fourth-order valence-electron chi connectivity index (χ4n) is 2.53. The van der Waals surface area contributed by atoms with E-state index in [0.717, 1.165) is 32.8 Å². The maximum Gasteiger partial charge on any atom is 0.0619 e. The average molecular weight is 262 g/mol. The van der Waals surface area contributed by atoms with E-state index in [9.17, 15) is 0 Å². The molecule has 0 radical (unpaired) electrons. The molecule has 0 aliphatic carbocycles. The van der Waals surface area contributed by atoms with Crippen molar-refractivity contribution in [3.05, 3.63) is 35.9 Å². The van der Waals surface area contributed by atoms with Crippen LogP contribution in [0.25, 0.3) is 0 Å². The lowest BCUT2D eigenvalue weighted by atomic mass is 10.1. The molecule has 19 heavy (non-hydrogen) atoms. The van der Waals surface area contributed by atoms with Crippen molar-refractivity contribution < 1.29 is 4.74 Å². The van der Waals surface area contributed by atoms with Crippen LogP contribution in [-0.4, -0.2) is 44.3 Å². The predicted molar refractivity (Wildman–Crippen MR) is 79.2 cm³/mol. The van der Waals surface area contributed by atoms with Crippen LogP contribution in [0.4, 0.5) is 0 Å². The third-order valence-electron chi connectivity index (χ3n) is 3.61. The van der Waals surface area contributed by atoms with E-state index in [1.54, 1.807) is 0 Å². The molecule has 0 aromatic heterocycles. The Kier molecular flexibility index (Phi) is 6.34. The van der Waals surface area contributed by atoms with Gasteiger partial charge in [0, 0.05) is 19.2 Å². The minimum absolute atomic E-state index is 0.577. The van der Waals surface area contributed by atoms with Gasteiger partial charge < -0.3 is 15.0 Å². The van der Waals surface area contributed by atoms with Crippen molar-refractivity contribution >= 4 is 0 Å². The van der Waals surface area contributed by atoms with E-state index < -0.39 is 0 Å². The first-order valence-corrected chi connectivity index (χ1v) is 7.38. The summed E-state index contributed by atoms with van der Waals surface area (Å²) in [5, 5.41) is 3.59. The smallest absolute Gasteiger partial charge is 0.0619 e. The Morgan fingerprint density at radius 2 is 2.16 bits per heavy atom. The van der Waals surface area contributed by atoms with Gasteiger partial charge in [0.05, 0.1) is 6.61 Å². The maximum absolute atomic E-state index is 5.47. The van der Waals surface area contributed by atoms with Gasteiger partial charge in [0.2, 0.25) is 0 Å². The molecule has 1 heterocycles. The molecule has 2 rings (SSSR count). The molecule has 0 spiro atoms. The normalized spacial score (nSPS) is 19.8. The Hall–Kier alpha value is -0.900. The minimum atomic E-state index is 0.577. The van der Waals surface area contributed by atoms with Crippen molar-refractivity contribution in [1.29, 1.82) is 0 Å². The highest BCUT2D eigenvalue weighted by Gasteiger charge is 2.12. The largest absolute Gasteiger partial charge is 0.380 e. The van der Waals surface area contributed by atoms with Gasteiger partial charge in [0.1, 0.15) is 0 Å². The van der Waals surface area contributed by atoms with Crippen molar-refractivity contribution in [2.75, 3.05) is 33.4 Å². The van der Waals surface area contributed by atoms with Crippen molar-refractivity contribution in [1.82, 2.24) is 10.2 Å². The highest BCUT2D eigenvalue weighted by molar-refractivity contribution is 5.14. The zero-order valence-corrected chi connectivity index (χ0v) is 12.0. The van der Waals surface area contributed by atoms with Gasteiger partial charge in [-0.05, 0) is 45.0 Å². The van der Waals surface area contributed by atoms with E-state index in [2.05, 4.69) is 47.6 Å². The predicted octanol–water partition coefficient (Wildman–Crippen LogP) is 2.28. The fourth-order valence-corrected chi connectivity index (χ4v) is 2.53. The van der Waals surface area contributed by atoms with Gasteiger partial charge in [-0.1, -0.05) is 30.3 Å². The third-order valence-corrected chi connectivity index (χ3v) is 3.61. The minimum Gasteiger partial charge on any atom is -0.380 e. The zero-order valence-electron chi connectivity index (χ0n) is 12.0. The molecule has 106 valence electrons. The number of hydrogen-bond donors (Lipinski definition) is 1. The summed E-state index contributed by atoms with van der Waals surface area (Å²) in [6.07, 6.45) is 3.66. The van der Waals surface area contributed by atoms with E-state index in [1.807, 2.05) is 0 Å². The Bertz CT molecular complexity index is 336. The molecular formula is C16H26N2O. The number of rotatable bonds is 7. The molecule has 1 atom stereocenters. The quantitative estimate of drug-likeness (QED) is 0.763. The Morgan fingerprint density at radius 3 is 2.89 bits per heavy atom. The zero-order chi connectivity index (χ0) is 13.3. The summed E-state index contributed by atoms with van der Waals surface area (Å²) in [5.74, 6) is 0. The van der Waals surface area contributed by atoms with Gasteiger partial charge in [-0.3, -0.25) is 0 Å². The second-order valence-corrected chi connectivity index (χ2v) is 5.45. The lowest BCUT2D eigenvalue weighted by molar-refractivity contribution is 0.0702. The molecule has 3 nitrogen and oxygen atoms in total. The summed E-state index contributed by atoms with van der Waals surface area (Å²) in [5.41, 5.74) is 1.39. The van der Waals surface area contributed by atoms with Gasteiger partial charge in [-0.25, -0.2) is 0 Å². The lowest BCUT2D eigenvalue weighted by Gasteiger charge is -2.24. The van der Waals surface area contributed by atoms with E-state index in [1.165, 1.54) is 24.8 Å². The van der Waals surface area contributed by atoms with Crippen LogP contribution in [0.15, 0.2) is 30.3 Å². The first-order chi connectivity index (χ1) is 9.34. The highest BCUT2D eigenvalue weighted by Crippen LogP contribution is 2.06. The van der Waals surface area contributed by atoms with Crippen LogP contribution in [0.2, 0.25) is 0 Å². The molecular weight excluding hydrogens is 236 g/mol. The molecule has 1 saturated heterocycles. The summed E-state index contributed by atoms with van der Waals surface area (Å²) in [6.45, 7) is 5.09. The van der Waals surface area contributed by atoms with Crippen LogP contribution >= 0.6 is 0 Å². The number of ether oxygens (including phenoxy) is 1.